The van der Waals surface area contributed by atoms with E-state index in [9.17, 15) is 19.2 Å². The predicted molar refractivity (Wildman–Crippen MR) is 129 cm³/mol. The van der Waals surface area contributed by atoms with Gasteiger partial charge in [0.05, 0.1) is 5.56 Å². The molecule has 4 rings (SSSR count). The molecule has 1 aliphatic carbocycles. The van der Waals surface area contributed by atoms with Crippen LogP contribution in [-0.2, 0) is 4.79 Å². The van der Waals surface area contributed by atoms with Crippen LogP contribution in [-0.4, -0.2) is 36.6 Å². The van der Waals surface area contributed by atoms with E-state index in [1.807, 2.05) is 6.07 Å². The maximum atomic E-state index is 12.9. The van der Waals surface area contributed by atoms with Gasteiger partial charge in [-0.25, -0.2) is 0 Å². The number of benzene rings is 3. The zero-order valence-electron chi connectivity index (χ0n) is 18.5. The summed E-state index contributed by atoms with van der Waals surface area (Å²) in [5.74, 6) is -0.726. The van der Waals surface area contributed by atoms with Crippen molar-refractivity contribution in [2.45, 2.75) is 12.8 Å². The van der Waals surface area contributed by atoms with Crippen LogP contribution in [0.1, 0.15) is 49.5 Å². The Balaban J connectivity index is 1.34. The van der Waals surface area contributed by atoms with Crippen molar-refractivity contribution < 1.29 is 19.2 Å². The number of hydrogen-bond donors (Lipinski definition) is 3. The van der Waals surface area contributed by atoms with E-state index in [2.05, 4.69) is 16.0 Å². The van der Waals surface area contributed by atoms with Gasteiger partial charge in [-0.3, -0.25) is 19.2 Å². The van der Waals surface area contributed by atoms with Crippen molar-refractivity contribution in [3.8, 4) is 0 Å². The summed E-state index contributed by atoms with van der Waals surface area (Å²) in [5, 5.41) is 8.33. The van der Waals surface area contributed by atoms with Gasteiger partial charge in [-0.1, -0.05) is 48.5 Å². The highest BCUT2D eigenvalue weighted by atomic mass is 16.2. The Morgan fingerprint density at radius 2 is 1.26 bits per heavy atom. The molecule has 0 saturated heterocycles. The first kappa shape index (κ1) is 22.9. The van der Waals surface area contributed by atoms with Crippen LogP contribution < -0.4 is 16.0 Å². The molecule has 3 aromatic rings. The summed E-state index contributed by atoms with van der Waals surface area (Å²) < 4.78 is 0. The third-order valence-electron chi connectivity index (χ3n) is 5.52. The Labute approximate surface area is 197 Å². The Morgan fingerprint density at radius 1 is 0.647 bits per heavy atom. The molecular weight excluding hydrogens is 430 g/mol. The van der Waals surface area contributed by atoms with E-state index < -0.39 is 5.91 Å². The topological polar surface area (TPSA) is 104 Å². The monoisotopic (exact) mass is 455 g/mol. The SMILES string of the molecule is O=C(NCCNC(=O)C1CC1)c1ccc(NC(=O)c2ccccc2C(=O)c2ccccc2)cc1. The van der Waals surface area contributed by atoms with E-state index in [-0.39, 0.29) is 29.1 Å². The van der Waals surface area contributed by atoms with E-state index in [1.165, 1.54) is 0 Å². The number of rotatable bonds is 9. The molecule has 0 radical (unpaired) electrons. The second kappa shape index (κ2) is 10.6. The Kier molecular flexibility index (Phi) is 7.13. The van der Waals surface area contributed by atoms with Gasteiger partial charge in [0.15, 0.2) is 5.78 Å². The molecule has 3 N–H and O–H groups in total. The largest absolute Gasteiger partial charge is 0.354 e. The molecule has 1 saturated carbocycles. The van der Waals surface area contributed by atoms with Crippen molar-refractivity contribution in [3.63, 3.8) is 0 Å². The van der Waals surface area contributed by atoms with Crippen LogP contribution in [0.15, 0.2) is 78.9 Å². The van der Waals surface area contributed by atoms with E-state index in [0.29, 0.717) is 35.5 Å². The lowest BCUT2D eigenvalue weighted by atomic mass is 9.98. The summed E-state index contributed by atoms with van der Waals surface area (Å²) in [7, 11) is 0. The average Bonchev–Trinajstić information content (AvgIpc) is 3.73. The predicted octanol–water partition coefficient (Wildman–Crippen LogP) is 3.43. The van der Waals surface area contributed by atoms with Gasteiger partial charge < -0.3 is 16.0 Å². The summed E-state index contributed by atoms with van der Waals surface area (Å²) in [6, 6.07) is 21.9. The fraction of sp³-hybridized carbons (Fsp3) is 0.185. The van der Waals surface area contributed by atoms with E-state index in [0.717, 1.165) is 12.8 Å². The maximum absolute atomic E-state index is 12.9. The van der Waals surface area contributed by atoms with Crippen molar-refractivity contribution in [3.05, 3.63) is 101 Å². The minimum Gasteiger partial charge on any atom is -0.354 e. The number of nitrogens with one attached hydrogen (secondary N) is 3. The molecular formula is C27H25N3O4. The van der Waals surface area contributed by atoms with E-state index >= 15 is 0 Å². The molecule has 1 aliphatic rings. The zero-order chi connectivity index (χ0) is 23.9. The molecule has 172 valence electrons. The number of anilines is 1. The number of carbonyl (C=O) groups is 4. The number of ketones is 1. The first-order valence-corrected chi connectivity index (χ1v) is 11.2. The highest BCUT2D eigenvalue weighted by Crippen LogP contribution is 2.28. The van der Waals surface area contributed by atoms with Crippen molar-refractivity contribution in [1.29, 1.82) is 0 Å². The molecule has 7 heteroatoms. The summed E-state index contributed by atoms with van der Waals surface area (Å²) in [6.07, 6.45) is 1.88. The van der Waals surface area contributed by atoms with Crippen LogP contribution in [0.4, 0.5) is 5.69 Å². The highest BCUT2D eigenvalue weighted by Gasteiger charge is 2.29. The van der Waals surface area contributed by atoms with Crippen LogP contribution in [0.3, 0.4) is 0 Å². The second-order valence-electron chi connectivity index (χ2n) is 8.09. The van der Waals surface area contributed by atoms with E-state index in [4.69, 9.17) is 0 Å². The van der Waals surface area contributed by atoms with E-state index in [1.54, 1.807) is 72.8 Å². The summed E-state index contributed by atoms with van der Waals surface area (Å²) >= 11 is 0. The third kappa shape index (κ3) is 5.75. The van der Waals surface area contributed by atoms with Crippen molar-refractivity contribution >= 4 is 29.2 Å². The van der Waals surface area contributed by atoms with Gasteiger partial charge in [0.2, 0.25) is 5.91 Å². The third-order valence-corrected chi connectivity index (χ3v) is 5.52. The van der Waals surface area contributed by atoms with Crippen LogP contribution in [0.25, 0.3) is 0 Å². The van der Waals surface area contributed by atoms with Gasteiger partial charge >= 0.3 is 0 Å². The molecule has 34 heavy (non-hydrogen) atoms. The standard InChI is InChI=1S/C27H25N3O4/c31-24(18-6-2-1-3-7-18)22-8-4-5-9-23(22)27(34)30-21-14-12-20(13-15-21)26(33)29-17-16-28-25(32)19-10-11-19/h1-9,12-15,19H,10-11,16-17H2,(H,28,32)(H,29,33)(H,30,34). The second-order valence-corrected chi connectivity index (χ2v) is 8.09. The average molecular weight is 456 g/mol. The fourth-order valence-corrected chi connectivity index (χ4v) is 3.48. The number of carbonyl (C=O) groups excluding carboxylic acids is 4. The van der Waals surface area contributed by atoms with Gasteiger partial charge in [0.1, 0.15) is 0 Å². The smallest absolute Gasteiger partial charge is 0.256 e. The van der Waals surface area contributed by atoms with Crippen LogP contribution in [0.2, 0.25) is 0 Å². The molecule has 0 atom stereocenters. The first-order chi connectivity index (χ1) is 16.5. The summed E-state index contributed by atoms with van der Waals surface area (Å²) in [4.78, 5) is 49.7. The molecule has 3 amide bonds. The zero-order valence-corrected chi connectivity index (χ0v) is 18.5. The fourth-order valence-electron chi connectivity index (χ4n) is 3.48. The van der Waals surface area contributed by atoms with Gasteiger partial charge in [-0.2, -0.15) is 0 Å². The van der Waals surface area contributed by atoms with Crippen LogP contribution >= 0.6 is 0 Å². The molecule has 1 fully saturated rings. The van der Waals surface area contributed by atoms with Crippen LogP contribution in [0.5, 0.6) is 0 Å². The molecule has 0 bridgehead atoms. The lowest BCUT2D eigenvalue weighted by Gasteiger charge is -2.11. The quantitative estimate of drug-likeness (QED) is 0.340. The Morgan fingerprint density at radius 3 is 1.94 bits per heavy atom. The minimum atomic E-state index is -0.413. The molecule has 7 nitrogen and oxygen atoms in total. The molecule has 0 heterocycles. The molecule has 0 aromatic heterocycles. The first-order valence-electron chi connectivity index (χ1n) is 11.2. The summed E-state index contributed by atoms with van der Waals surface area (Å²) in [6.45, 7) is 0.721. The van der Waals surface area contributed by atoms with Gasteiger partial charge in [-0.05, 0) is 43.2 Å². The van der Waals surface area contributed by atoms with Gasteiger partial charge in [0.25, 0.3) is 11.8 Å². The van der Waals surface area contributed by atoms with Crippen LogP contribution in [0, 0.1) is 5.92 Å². The molecule has 3 aromatic carbocycles. The Hall–Kier alpha value is -4.26. The maximum Gasteiger partial charge on any atom is 0.256 e. The molecule has 0 aliphatic heterocycles. The number of hydrogen-bond acceptors (Lipinski definition) is 4. The van der Waals surface area contributed by atoms with Gasteiger partial charge in [-0.15, -0.1) is 0 Å². The highest BCUT2D eigenvalue weighted by molar-refractivity contribution is 6.17. The van der Waals surface area contributed by atoms with Crippen molar-refractivity contribution in [1.82, 2.24) is 10.6 Å². The molecule has 0 spiro atoms. The number of amides is 3. The van der Waals surface area contributed by atoms with Crippen molar-refractivity contribution in [2.24, 2.45) is 5.92 Å². The van der Waals surface area contributed by atoms with Crippen molar-refractivity contribution in [2.75, 3.05) is 18.4 Å². The summed E-state index contributed by atoms with van der Waals surface area (Å²) in [5.41, 5.74) is 2.03. The normalized spacial score (nSPS) is 12.5. The lowest BCUT2D eigenvalue weighted by Crippen LogP contribution is -2.35. The Bertz CT molecular complexity index is 1200. The van der Waals surface area contributed by atoms with Gasteiger partial charge in [0, 0.05) is 41.4 Å². The molecule has 0 unspecified atom stereocenters. The lowest BCUT2D eigenvalue weighted by molar-refractivity contribution is -0.122. The minimum absolute atomic E-state index is 0.0429.